The summed E-state index contributed by atoms with van der Waals surface area (Å²) in [6.45, 7) is 3.63. The van der Waals surface area contributed by atoms with Crippen LogP contribution in [0.3, 0.4) is 0 Å². The number of hydrogen-bond acceptors (Lipinski definition) is 4. The summed E-state index contributed by atoms with van der Waals surface area (Å²) in [6.07, 6.45) is 4.76. The lowest BCUT2D eigenvalue weighted by molar-refractivity contribution is -0.133. The van der Waals surface area contributed by atoms with E-state index in [1.807, 2.05) is 23.1 Å². The predicted molar refractivity (Wildman–Crippen MR) is 133 cm³/mol. The Bertz CT molecular complexity index is 1020. The Morgan fingerprint density at radius 2 is 1.55 bits per heavy atom. The zero-order chi connectivity index (χ0) is 23.3. The van der Waals surface area contributed by atoms with Crippen molar-refractivity contribution < 1.29 is 13.2 Å². The van der Waals surface area contributed by atoms with E-state index < -0.39 is 10.0 Å². The smallest absolute Gasteiger partial charge is 0.243 e. The van der Waals surface area contributed by atoms with Gasteiger partial charge in [-0.05, 0) is 42.7 Å². The molecule has 33 heavy (non-hydrogen) atoms. The van der Waals surface area contributed by atoms with E-state index in [0.29, 0.717) is 13.1 Å². The van der Waals surface area contributed by atoms with Gasteiger partial charge in [0.1, 0.15) is 0 Å². The Morgan fingerprint density at radius 1 is 0.909 bits per heavy atom. The minimum absolute atomic E-state index is 0.0816. The van der Waals surface area contributed by atoms with Crippen LogP contribution in [-0.2, 0) is 21.4 Å². The maximum atomic E-state index is 13.5. The van der Waals surface area contributed by atoms with Crippen molar-refractivity contribution in [3.05, 3.63) is 64.6 Å². The second-order valence-electron chi connectivity index (χ2n) is 8.94. The average molecular weight is 535 g/mol. The van der Waals surface area contributed by atoms with Crippen molar-refractivity contribution in [3.63, 3.8) is 0 Å². The Balaban J connectivity index is 1.43. The number of carbonyl (C=O) groups is 1. The highest BCUT2D eigenvalue weighted by atomic mass is 79.9. The molecule has 178 valence electrons. The third-order valence-corrected chi connectivity index (χ3v) is 9.11. The standard InChI is InChI=1S/C25H32BrN3O3S/c26-22-11-13-24(14-12-22)33(31,32)29(23-9-5-2-6-10-23)20-25(30)28-17-15-27(16-18-28)19-21-7-3-1-4-8-21/h1,3-4,7-8,11-14,23H,2,5-6,9-10,15-20H2. The Hall–Kier alpha value is -1.74. The fourth-order valence-electron chi connectivity index (χ4n) is 4.75. The molecule has 2 aliphatic rings. The molecule has 2 fully saturated rings. The second kappa shape index (κ2) is 11.1. The van der Waals surface area contributed by atoms with E-state index in [2.05, 4.69) is 33.0 Å². The van der Waals surface area contributed by atoms with Gasteiger partial charge in [0, 0.05) is 43.2 Å². The van der Waals surface area contributed by atoms with E-state index in [4.69, 9.17) is 0 Å². The maximum absolute atomic E-state index is 13.5. The lowest BCUT2D eigenvalue weighted by atomic mass is 9.95. The highest BCUT2D eigenvalue weighted by molar-refractivity contribution is 9.10. The van der Waals surface area contributed by atoms with Gasteiger partial charge in [-0.2, -0.15) is 4.31 Å². The van der Waals surface area contributed by atoms with Crippen molar-refractivity contribution in [2.24, 2.45) is 0 Å². The van der Waals surface area contributed by atoms with E-state index in [0.717, 1.165) is 56.2 Å². The van der Waals surface area contributed by atoms with Crippen LogP contribution in [0, 0.1) is 0 Å². The van der Waals surface area contributed by atoms with Gasteiger partial charge < -0.3 is 4.90 Å². The van der Waals surface area contributed by atoms with Crippen molar-refractivity contribution in [1.82, 2.24) is 14.1 Å². The molecule has 1 saturated carbocycles. The Labute approximate surface area is 205 Å². The summed E-state index contributed by atoms with van der Waals surface area (Å²) in [7, 11) is -3.75. The molecular weight excluding hydrogens is 502 g/mol. The SMILES string of the molecule is O=C(CN(C1CCCCC1)S(=O)(=O)c1ccc(Br)cc1)N1CCN(Cc2ccccc2)CC1. The number of sulfonamides is 1. The zero-order valence-corrected chi connectivity index (χ0v) is 21.3. The van der Waals surface area contributed by atoms with Crippen LogP contribution < -0.4 is 0 Å². The molecule has 0 radical (unpaired) electrons. The molecule has 0 atom stereocenters. The molecular formula is C25H32BrN3O3S. The third-order valence-electron chi connectivity index (χ3n) is 6.67. The summed E-state index contributed by atoms with van der Waals surface area (Å²) in [4.78, 5) is 17.7. The molecule has 1 saturated heterocycles. The maximum Gasteiger partial charge on any atom is 0.243 e. The van der Waals surface area contributed by atoms with Crippen LogP contribution in [0.25, 0.3) is 0 Å². The summed E-state index contributed by atoms with van der Waals surface area (Å²) in [6, 6.07) is 16.9. The quantitative estimate of drug-likeness (QED) is 0.537. The molecule has 2 aromatic rings. The van der Waals surface area contributed by atoms with Gasteiger partial charge in [-0.25, -0.2) is 8.42 Å². The van der Waals surface area contributed by atoms with E-state index in [1.165, 1.54) is 9.87 Å². The van der Waals surface area contributed by atoms with Crippen LogP contribution in [-0.4, -0.2) is 67.2 Å². The number of carbonyl (C=O) groups excluding carboxylic acids is 1. The van der Waals surface area contributed by atoms with E-state index >= 15 is 0 Å². The fraction of sp³-hybridized carbons (Fsp3) is 0.480. The highest BCUT2D eigenvalue weighted by Crippen LogP contribution is 2.28. The zero-order valence-electron chi connectivity index (χ0n) is 18.9. The third kappa shape index (κ3) is 6.23. The largest absolute Gasteiger partial charge is 0.339 e. The van der Waals surface area contributed by atoms with Crippen molar-refractivity contribution >= 4 is 31.9 Å². The van der Waals surface area contributed by atoms with Gasteiger partial charge in [-0.3, -0.25) is 9.69 Å². The van der Waals surface area contributed by atoms with Gasteiger partial charge in [0.15, 0.2) is 0 Å². The molecule has 8 heteroatoms. The first-order valence-corrected chi connectivity index (χ1v) is 14.0. The Morgan fingerprint density at radius 3 is 2.18 bits per heavy atom. The summed E-state index contributed by atoms with van der Waals surface area (Å²) in [5.74, 6) is -0.0966. The number of piperazine rings is 1. The molecule has 0 unspecified atom stereocenters. The monoisotopic (exact) mass is 533 g/mol. The molecule has 1 heterocycles. The van der Waals surface area contributed by atoms with Crippen molar-refractivity contribution in [1.29, 1.82) is 0 Å². The number of hydrogen-bond donors (Lipinski definition) is 0. The lowest BCUT2D eigenvalue weighted by Crippen LogP contribution is -2.53. The summed E-state index contributed by atoms with van der Waals surface area (Å²) in [5.41, 5.74) is 1.27. The topological polar surface area (TPSA) is 60.9 Å². The van der Waals surface area contributed by atoms with Gasteiger partial charge in [0.25, 0.3) is 0 Å². The first kappa shape index (κ1) is 24.4. The van der Waals surface area contributed by atoms with Crippen LogP contribution >= 0.6 is 15.9 Å². The number of halogens is 1. The molecule has 1 amide bonds. The molecule has 0 N–H and O–H groups in total. The van der Waals surface area contributed by atoms with Crippen LogP contribution in [0.4, 0.5) is 0 Å². The number of nitrogens with zero attached hydrogens (tertiary/aromatic N) is 3. The van der Waals surface area contributed by atoms with Gasteiger partial charge in [0.05, 0.1) is 11.4 Å². The van der Waals surface area contributed by atoms with Crippen LogP contribution in [0.2, 0.25) is 0 Å². The molecule has 6 nitrogen and oxygen atoms in total. The molecule has 1 aliphatic carbocycles. The molecule has 4 rings (SSSR count). The highest BCUT2D eigenvalue weighted by Gasteiger charge is 2.35. The molecule has 1 aliphatic heterocycles. The second-order valence-corrected chi connectivity index (χ2v) is 11.7. The van der Waals surface area contributed by atoms with Crippen molar-refractivity contribution in [2.45, 2.75) is 49.6 Å². The van der Waals surface area contributed by atoms with Crippen LogP contribution in [0.1, 0.15) is 37.7 Å². The molecule has 2 aromatic carbocycles. The minimum atomic E-state index is -3.75. The molecule has 0 spiro atoms. The summed E-state index contributed by atoms with van der Waals surface area (Å²) in [5, 5.41) is 0. The first-order valence-electron chi connectivity index (χ1n) is 11.7. The lowest BCUT2D eigenvalue weighted by Gasteiger charge is -2.37. The van der Waals surface area contributed by atoms with E-state index in [9.17, 15) is 13.2 Å². The number of benzene rings is 2. The Kier molecular flexibility index (Phi) is 8.22. The molecule has 0 bridgehead atoms. The van der Waals surface area contributed by atoms with Crippen LogP contribution in [0.5, 0.6) is 0 Å². The number of amides is 1. The van der Waals surface area contributed by atoms with E-state index in [1.54, 1.807) is 24.3 Å². The minimum Gasteiger partial charge on any atom is -0.339 e. The predicted octanol–water partition coefficient (Wildman–Crippen LogP) is 4.12. The number of rotatable bonds is 7. The summed E-state index contributed by atoms with van der Waals surface area (Å²) < 4.78 is 29.4. The molecule has 0 aromatic heterocycles. The first-order chi connectivity index (χ1) is 15.9. The fourth-order valence-corrected chi connectivity index (χ4v) is 6.65. The van der Waals surface area contributed by atoms with Crippen molar-refractivity contribution in [2.75, 3.05) is 32.7 Å². The van der Waals surface area contributed by atoms with Crippen molar-refractivity contribution in [3.8, 4) is 0 Å². The average Bonchev–Trinajstić information content (AvgIpc) is 2.84. The normalized spacial score (nSPS) is 18.5. The van der Waals surface area contributed by atoms with Gasteiger partial charge in [-0.1, -0.05) is 65.5 Å². The van der Waals surface area contributed by atoms with Gasteiger partial charge in [0.2, 0.25) is 15.9 Å². The summed E-state index contributed by atoms with van der Waals surface area (Å²) >= 11 is 3.37. The van der Waals surface area contributed by atoms with Gasteiger partial charge in [-0.15, -0.1) is 0 Å². The van der Waals surface area contributed by atoms with Crippen LogP contribution in [0.15, 0.2) is 64.0 Å². The van der Waals surface area contributed by atoms with E-state index in [-0.39, 0.29) is 23.4 Å². The van der Waals surface area contributed by atoms with Gasteiger partial charge >= 0.3 is 0 Å².